The second-order valence-corrected chi connectivity index (χ2v) is 30.1. The molecule has 0 N–H and O–H groups in total. The third kappa shape index (κ3) is 17.6. The van der Waals surface area contributed by atoms with Crippen molar-refractivity contribution in [1.82, 2.24) is 66.4 Å². The standard InChI is InChI=1S/C25H26N4O2.C23H18F3N3O.C23H21N3O2.C22H19FN4O2.CH4/c1-18(2)27-12-13-29-23-9-8-20(14-22(23)26-24(29)16-27)28-11-10-21(15-25(28)30)31-17-19-6-4-3-5-7-19;24-23(25,26)17-6-4-15(5-7-17)16-10-12-28(22(30)13-16)18-8-9-20-19(14-18)27-21-3-1-2-11-29(20)21;27-23-15-19(28-16-17-6-2-1-3-7-17)11-13-25(23)18-9-10-21-20(14-18)24-22-8-4-5-12-26(21)22;23-15-4-5-16(24-13-15)14-29-18-8-10-26(22(28)12-18)17-6-7-20-19(11-17)25-21-3-1-2-9-27(20)21;/h3-11,14-15,18H,12-13,16-17H2,1-2H3;4-10,12-14H,1-3,11H2;1-3,6-7,9-11,13-15H,4-5,8,12,16H2;4-8,10-13H,1-3,9,14H2;1H4. The summed E-state index contributed by atoms with van der Waals surface area (Å²) in [5, 5.41) is 0. The lowest BCUT2D eigenvalue weighted by molar-refractivity contribution is -0.137. The van der Waals surface area contributed by atoms with Crippen LogP contribution in [0, 0.1) is 5.82 Å². The predicted molar refractivity (Wildman–Crippen MR) is 453 cm³/mol. The van der Waals surface area contributed by atoms with E-state index in [4.69, 9.17) is 34.1 Å². The topological polar surface area (TPSA) is 203 Å². The summed E-state index contributed by atoms with van der Waals surface area (Å²) in [7, 11) is 0. The molecular weight excluding hydrogens is 1510 g/mol. The first-order valence-corrected chi connectivity index (χ1v) is 39.8. The average molecular weight is 1600 g/mol. The van der Waals surface area contributed by atoms with Crippen molar-refractivity contribution in [2.75, 3.05) is 6.54 Å². The molecule has 0 fully saturated rings. The molecule has 0 aliphatic carbocycles. The van der Waals surface area contributed by atoms with Crippen molar-refractivity contribution >= 4 is 44.1 Å². The summed E-state index contributed by atoms with van der Waals surface area (Å²) in [6.07, 6.45) is 13.6. The van der Waals surface area contributed by atoms with E-state index in [0.29, 0.717) is 59.0 Å². The van der Waals surface area contributed by atoms with Gasteiger partial charge in [-0.15, -0.1) is 0 Å². The van der Waals surface area contributed by atoms with Crippen molar-refractivity contribution in [3.63, 3.8) is 0 Å². The summed E-state index contributed by atoms with van der Waals surface area (Å²) in [4.78, 5) is 76.2. The Balaban J connectivity index is 0.000000118. The Morgan fingerprint density at radius 2 is 0.773 bits per heavy atom. The van der Waals surface area contributed by atoms with Crippen LogP contribution in [0.1, 0.15) is 105 Å². The largest absolute Gasteiger partial charge is 0.489 e. The first-order valence-electron chi connectivity index (χ1n) is 39.8. The van der Waals surface area contributed by atoms with Gasteiger partial charge in [0.25, 0.3) is 22.2 Å². The highest BCUT2D eigenvalue weighted by atomic mass is 19.4. The number of hydrogen-bond donors (Lipinski definition) is 0. The number of fused-ring (bicyclic) bond motifs is 12. The predicted octanol–water partition coefficient (Wildman–Crippen LogP) is 17.6. The van der Waals surface area contributed by atoms with Gasteiger partial charge in [0.2, 0.25) is 0 Å². The highest BCUT2D eigenvalue weighted by Gasteiger charge is 2.30. The molecule has 20 rings (SSSR count). The first-order chi connectivity index (χ1) is 57.4. The second-order valence-electron chi connectivity index (χ2n) is 30.1. The van der Waals surface area contributed by atoms with E-state index in [1.807, 2.05) is 133 Å². The van der Waals surface area contributed by atoms with E-state index in [9.17, 15) is 36.7 Å². The van der Waals surface area contributed by atoms with E-state index in [1.54, 1.807) is 56.7 Å². The van der Waals surface area contributed by atoms with Gasteiger partial charge < -0.3 is 32.5 Å². The molecule has 4 aliphatic heterocycles. The SMILES string of the molecule is C.CC(C)N1CCn2c(nc3cc(-n4ccc(OCc5ccccc5)cc4=O)ccc32)C1.O=c1cc(-c2ccc(C(F)(F)F)cc2)ccn1-c1ccc2c(c1)nc1n2CCCC1.O=c1cc(OCc2ccc(F)cn2)ccn1-c1ccc2c(c1)nc1n2CCCC1.O=c1cc(OCc2ccccc2)ccn1-c1ccc2c(c1)nc1n2CCCC1. The molecule has 9 aromatic heterocycles. The van der Waals surface area contributed by atoms with Gasteiger partial charge in [0.15, 0.2) is 0 Å². The molecule has 0 saturated heterocycles. The van der Waals surface area contributed by atoms with Crippen molar-refractivity contribution in [2.24, 2.45) is 0 Å². The summed E-state index contributed by atoms with van der Waals surface area (Å²) >= 11 is 0. The van der Waals surface area contributed by atoms with Crippen LogP contribution in [0.5, 0.6) is 17.2 Å². The van der Waals surface area contributed by atoms with Crippen LogP contribution in [-0.2, 0) is 78.0 Å². The van der Waals surface area contributed by atoms with Crippen LogP contribution in [0.2, 0.25) is 0 Å². The van der Waals surface area contributed by atoms with Crippen molar-refractivity contribution in [3.05, 3.63) is 342 Å². The number of benzene rings is 7. The molecule has 604 valence electrons. The quantitative estimate of drug-likeness (QED) is 0.0878. The van der Waals surface area contributed by atoms with Crippen LogP contribution in [-0.4, -0.2) is 78.9 Å². The van der Waals surface area contributed by atoms with Crippen LogP contribution >= 0.6 is 0 Å². The van der Waals surface area contributed by atoms with Crippen LogP contribution in [0.25, 0.3) is 78.0 Å². The lowest BCUT2D eigenvalue weighted by Crippen LogP contribution is -2.38. The number of aryl methyl sites for hydroxylation is 6. The van der Waals surface area contributed by atoms with Crippen molar-refractivity contribution in [1.29, 1.82) is 0 Å². The summed E-state index contributed by atoms with van der Waals surface area (Å²) in [6, 6.07) is 64.9. The molecule has 119 heavy (non-hydrogen) atoms. The average Bonchev–Trinajstić information content (AvgIpc) is 1.68. The number of rotatable bonds is 15. The maximum Gasteiger partial charge on any atom is 0.416 e. The van der Waals surface area contributed by atoms with Crippen LogP contribution in [0.15, 0.2) is 269 Å². The molecule has 16 aromatic rings. The molecule has 21 nitrogen and oxygen atoms in total. The summed E-state index contributed by atoms with van der Waals surface area (Å²) in [5.41, 5.74) is 13.7. The zero-order valence-electron chi connectivity index (χ0n) is 65.1. The van der Waals surface area contributed by atoms with E-state index < -0.39 is 17.6 Å². The molecule has 0 amide bonds. The lowest BCUT2D eigenvalue weighted by atomic mass is 10.0. The van der Waals surface area contributed by atoms with Crippen molar-refractivity contribution in [2.45, 2.75) is 144 Å². The third-order valence-corrected chi connectivity index (χ3v) is 21.9. The fourth-order valence-electron chi connectivity index (χ4n) is 15.7. The highest BCUT2D eigenvalue weighted by molar-refractivity contribution is 5.82. The zero-order chi connectivity index (χ0) is 81.0. The third-order valence-electron chi connectivity index (χ3n) is 21.9. The van der Waals surface area contributed by atoms with Crippen molar-refractivity contribution in [3.8, 4) is 51.1 Å². The van der Waals surface area contributed by atoms with Crippen LogP contribution in [0.3, 0.4) is 0 Å². The van der Waals surface area contributed by atoms with Gasteiger partial charge in [-0.2, -0.15) is 13.2 Å². The van der Waals surface area contributed by atoms with Gasteiger partial charge in [0.05, 0.1) is 90.9 Å². The monoisotopic (exact) mass is 1600 g/mol. The normalized spacial score (nSPS) is 13.7. The Morgan fingerprint density at radius 3 is 1.15 bits per heavy atom. The van der Waals surface area contributed by atoms with Crippen LogP contribution < -0.4 is 36.4 Å². The summed E-state index contributed by atoms with van der Waals surface area (Å²) < 4.78 is 83.8. The van der Waals surface area contributed by atoms with E-state index in [2.05, 4.69) is 54.1 Å². The minimum absolute atomic E-state index is 0. The first kappa shape index (κ1) is 79.3. The van der Waals surface area contributed by atoms with Gasteiger partial charge in [0, 0.05) is 107 Å². The molecule has 4 aliphatic rings. The Morgan fingerprint density at radius 1 is 0.387 bits per heavy atom. The molecule has 7 aromatic carbocycles. The van der Waals surface area contributed by atoms with Crippen molar-refractivity contribution < 1.29 is 31.8 Å². The molecule has 0 radical (unpaired) electrons. The number of ether oxygens (including phenoxy) is 3. The van der Waals surface area contributed by atoms with Gasteiger partial charge in [-0.3, -0.25) is 47.3 Å². The van der Waals surface area contributed by atoms with Gasteiger partial charge in [0.1, 0.15) is 66.2 Å². The van der Waals surface area contributed by atoms with E-state index >= 15 is 0 Å². The maximum atomic E-state index is 12.9. The molecule has 0 spiro atoms. The fourth-order valence-corrected chi connectivity index (χ4v) is 15.7. The number of imidazole rings is 4. The summed E-state index contributed by atoms with van der Waals surface area (Å²) in [6.45, 7) is 11.3. The smallest absolute Gasteiger partial charge is 0.416 e. The molecule has 13 heterocycles. The number of nitrogens with zero attached hydrogens (tertiary/aromatic N) is 14. The molecule has 0 bridgehead atoms. The minimum atomic E-state index is -4.38. The van der Waals surface area contributed by atoms with Gasteiger partial charge >= 0.3 is 6.18 Å². The number of aromatic nitrogens is 13. The highest BCUT2D eigenvalue weighted by Crippen LogP contribution is 2.33. The number of halogens is 4. The molecule has 0 atom stereocenters. The molecular formula is C94H88F4N14O7. The molecule has 25 heteroatoms. The van der Waals surface area contributed by atoms with E-state index in [1.165, 1.54) is 72.7 Å². The fraction of sp³-hybridized carbons (Fsp3) is 0.245. The number of pyridine rings is 5. The maximum absolute atomic E-state index is 12.9. The van der Waals surface area contributed by atoms with Gasteiger partial charge in [-0.1, -0.05) is 80.2 Å². The molecule has 0 saturated carbocycles. The van der Waals surface area contributed by atoms with Gasteiger partial charge in [-0.25, -0.2) is 24.3 Å². The number of hydrogen-bond acceptors (Lipinski definition) is 13. The summed E-state index contributed by atoms with van der Waals surface area (Å²) in [5.74, 6) is 5.62. The van der Waals surface area contributed by atoms with E-state index in [-0.39, 0.29) is 36.3 Å². The Kier molecular flexibility index (Phi) is 23.1. The Hall–Kier alpha value is -13.6. The lowest BCUT2D eigenvalue weighted by Gasteiger charge is -2.30. The molecule has 0 unspecified atom stereocenters. The van der Waals surface area contributed by atoms with Crippen LogP contribution in [0.4, 0.5) is 17.6 Å². The Bertz CT molecular complexity index is 6600. The number of alkyl halides is 3. The minimum Gasteiger partial charge on any atom is -0.489 e. The zero-order valence-corrected chi connectivity index (χ0v) is 65.1. The Labute approximate surface area is 682 Å². The van der Waals surface area contributed by atoms with Gasteiger partial charge in [-0.05, 0) is 196 Å². The second kappa shape index (κ2) is 34.7. The van der Waals surface area contributed by atoms with E-state index in [0.717, 1.165) is 185 Å².